The zero-order valence-electron chi connectivity index (χ0n) is 4.53. The molecule has 0 aromatic heterocycles. The van der Waals surface area contributed by atoms with Crippen molar-refractivity contribution in [2.24, 2.45) is 0 Å². The van der Waals surface area contributed by atoms with Gasteiger partial charge >= 0.3 is 26.7 Å². The van der Waals surface area contributed by atoms with E-state index in [1.54, 1.807) is 0 Å². The Morgan fingerprint density at radius 3 is 1.29 bits per heavy atom. The SMILES string of the molecule is O=P(O)(O)O.[Co].[H-].[Li+]. The minimum Gasteiger partial charge on any atom is -1.00 e. The van der Waals surface area contributed by atoms with Gasteiger partial charge < -0.3 is 16.1 Å². The maximum Gasteiger partial charge on any atom is 1.00 e. The fourth-order valence-electron chi connectivity index (χ4n) is 0. The molecule has 7 heavy (non-hydrogen) atoms. The molecule has 0 aliphatic heterocycles. The van der Waals surface area contributed by atoms with Gasteiger partial charge in [0.1, 0.15) is 0 Å². The van der Waals surface area contributed by atoms with Gasteiger partial charge in [0.2, 0.25) is 0 Å². The van der Waals surface area contributed by atoms with E-state index in [4.69, 9.17) is 19.2 Å². The summed E-state index contributed by atoms with van der Waals surface area (Å²) < 4.78 is 8.88. The summed E-state index contributed by atoms with van der Waals surface area (Å²) in [6.45, 7) is 0. The summed E-state index contributed by atoms with van der Waals surface area (Å²) in [5.74, 6) is 0. The Kier molecular flexibility index (Phi) is 12.0. The Hall–Kier alpha value is 1.21. The van der Waals surface area contributed by atoms with Gasteiger partial charge in [0, 0.05) is 16.8 Å². The molecule has 0 spiro atoms. The topological polar surface area (TPSA) is 77.8 Å². The molecule has 0 aliphatic rings. The van der Waals surface area contributed by atoms with Crippen LogP contribution in [0.3, 0.4) is 0 Å². The third-order valence-electron chi connectivity index (χ3n) is 0. The molecule has 0 atom stereocenters. The van der Waals surface area contributed by atoms with Crippen molar-refractivity contribution in [3.05, 3.63) is 0 Å². The van der Waals surface area contributed by atoms with E-state index in [1.807, 2.05) is 0 Å². The van der Waals surface area contributed by atoms with Gasteiger partial charge in [-0.25, -0.2) is 4.57 Å². The van der Waals surface area contributed by atoms with E-state index in [1.165, 1.54) is 0 Å². The second-order valence-electron chi connectivity index (χ2n) is 0.513. The van der Waals surface area contributed by atoms with Crippen molar-refractivity contribution in [3.63, 3.8) is 0 Å². The maximum absolute atomic E-state index is 8.88. The first-order valence-corrected chi connectivity index (χ1v) is 2.35. The molecule has 0 rings (SSSR count). The summed E-state index contributed by atoms with van der Waals surface area (Å²) in [5, 5.41) is 0. The van der Waals surface area contributed by atoms with Crippen molar-refractivity contribution >= 4 is 7.82 Å². The van der Waals surface area contributed by atoms with Crippen molar-refractivity contribution in [1.29, 1.82) is 0 Å². The van der Waals surface area contributed by atoms with Gasteiger partial charge in [-0.3, -0.25) is 0 Å². The zero-order chi connectivity index (χ0) is 4.50. The molecule has 0 bridgehead atoms. The molecule has 0 aromatic rings. The van der Waals surface area contributed by atoms with E-state index in [2.05, 4.69) is 0 Å². The molecule has 4 nitrogen and oxygen atoms in total. The molecule has 0 saturated carbocycles. The minimum atomic E-state index is -4.64. The first kappa shape index (κ1) is 15.7. The van der Waals surface area contributed by atoms with Gasteiger partial charge in [-0.2, -0.15) is 0 Å². The summed E-state index contributed by atoms with van der Waals surface area (Å²) >= 11 is 0. The third-order valence-corrected chi connectivity index (χ3v) is 0. The first-order valence-electron chi connectivity index (χ1n) is 0.783. The third kappa shape index (κ3) is 133. The van der Waals surface area contributed by atoms with E-state index < -0.39 is 7.82 Å². The van der Waals surface area contributed by atoms with Crippen LogP contribution in [-0.2, 0) is 21.3 Å². The Morgan fingerprint density at radius 2 is 1.29 bits per heavy atom. The molecule has 0 aromatic carbocycles. The van der Waals surface area contributed by atoms with Crippen molar-refractivity contribution in [2.45, 2.75) is 0 Å². The molecule has 0 amide bonds. The van der Waals surface area contributed by atoms with E-state index in [9.17, 15) is 0 Å². The van der Waals surface area contributed by atoms with Gasteiger partial charge in [-0.15, -0.1) is 0 Å². The Labute approximate surface area is 64.4 Å². The summed E-state index contributed by atoms with van der Waals surface area (Å²) in [6, 6.07) is 0. The zero-order valence-corrected chi connectivity index (χ0v) is 5.47. The second kappa shape index (κ2) is 5.35. The predicted molar refractivity (Wildman–Crippen MR) is 15.4 cm³/mol. The molecular formula is H4CoLiO4P. The molecule has 3 N–H and O–H groups in total. The number of rotatable bonds is 0. The Balaban J connectivity index is -0.0000000267. The number of phosphoric acid groups is 1. The summed E-state index contributed by atoms with van der Waals surface area (Å²) in [5.41, 5.74) is 0. The summed E-state index contributed by atoms with van der Waals surface area (Å²) in [4.78, 5) is 21.6. The van der Waals surface area contributed by atoms with Gasteiger partial charge in [0.15, 0.2) is 0 Å². The van der Waals surface area contributed by atoms with E-state index in [0.717, 1.165) is 0 Å². The quantitative estimate of drug-likeness (QED) is 0.254. The molecule has 0 fully saturated rings. The van der Waals surface area contributed by atoms with Gasteiger partial charge in [-0.05, 0) is 0 Å². The first-order chi connectivity index (χ1) is 2.00. The molecule has 0 heterocycles. The van der Waals surface area contributed by atoms with E-state index in [-0.39, 0.29) is 37.1 Å². The number of hydrogen-bond acceptors (Lipinski definition) is 1. The van der Waals surface area contributed by atoms with Gasteiger partial charge in [0.25, 0.3) is 0 Å². The van der Waals surface area contributed by atoms with E-state index >= 15 is 0 Å². The average molecular weight is 165 g/mol. The van der Waals surface area contributed by atoms with Crippen LogP contribution < -0.4 is 18.9 Å². The molecular weight excluding hydrogens is 161 g/mol. The van der Waals surface area contributed by atoms with Crippen LogP contribution in [0.1, 0.15) is 1.43 Å². The molecule has 7 heteroatoms. The monoisotopic (exact) mass is 165 g/mol. The fourth-order valence-corrected chi connectivity index (χ4v) is 0. The van der Waals surface area contributed by atoms with Crippen LogP contribution in [-0.4, -0.2) is 14.7 Å². The van der Waals surface area contributed by atoms with Crippen molar-refractivity contribution in [2.75, 3.05) is 0 Å². The van der Waals surface area contributed by atoms with Gasteiger partial charge in [-0.1, -0.05) is 0 Å². The fraction of sp³-hybridized carbons (Fsp3) is 0. The van der Waals surface area contributed by atoms with Crippen molar-refractivity contribution < 1.29 is 56.3 Å². The van der Waals surface area contributed by atoms with Crippen molar-refractivity contribution in [1.82, 2.24) is 0 Å². The molecule has 0 saturated heterocycles. The van der Waals surface area contributed by atoms with Crippen LogP contribution in [0.25, 0.3) is 0 Å². The molecule has 1 radical (unpaired) electrons. The summed E-state index contributed by atoms with van der Waals surface area (Å²) in [7, 11) is -4.64. The van der Waals surface area contributed by atoms with Crippen LogP contribution >= 0.6 is 7.82 Å². The molecule has 43 valence electrons. The van der Waals surface area contributed by atoms with Crippen molar-refractivity contribution in [3.8, 4) is 0 Å². The standard InChI is InChI=1S/Co.Li.H3O4P.H/c;;1-5(2,3)4;/h;;(H3,1,2,3,4);/q;+1;;-1. The Morgan fingerprint density at radius 1 is 1.29 bits per heavy atom. The van der Waals surface area contributed by atoms with Crippen LogP contribution in [0.15, 0.2) is 0 Å². The average Bonchev–Trinajstić information content (AvgIpc) is 0.722. The summed E-state index contributed by atoms with van der Waals surface area (Å²) in [6.07, 6.45) is 0. The van der Waals surface area contributed by atoms with Crippen LogP contribution in [0.2, 0.25) is 0 Å². The second-order valence-corrected chi connectivity index (χ2v) is 1.54. The normalized spacial score (nSPS) is 8.43. The van der Waals surface area contributed by atoms with Crippen LogP contribution in [0.5, 0.6) is 0 Å². The molecule has 0 aliphatic carbocycles. The maximum atomic E-state index is 8.88. The van der Waals surface area contributed by atoms with E-state index in [0.29, 0.717) is 0 Å². The van der Waals surface area contributed by atoms with Gasteiger partial charge in [0.05, 0.1) is 0 Å². The smallest absolute Gasteiger partial charge is 1.00 e. The predicted octanol–water partition coefficient (Wildman–Crippen LogP) is -3.81. The molecule has 0 unspecified atom stereocenters. The Bertz CT molecular complexity index is 62.2. The van der Waals surface area contributed by atoms with Crippen LogP contribution in [0, 0.1) is 0 Å². The van der Waals surface area contributed by atoms with Crippen LogP contribution in [0.4, 0.5) is 0 Å². The number of hydrogen-bond donors (Lipinski definition) is 3. The minimum absolute atomic E-state index is 0. The largest absolute Gasteiger partial charge is 1.00 e.